The van der Waals surface area contributed by atoms with Gasteiger partial charge in [-0.15, -0.1) is 0 Å². The number of amides is 1. The Balaban J connectivity index is 2.34. The molecule has 1 aromatic carbocycles. The number of benzene rings is 1. The van der Waals surface area contributed by atoms with Crippen LogP contribution in [0.25, 0.3) is 0 Å². The Hall–Kier alpha value is -1.57. The Labute approximate surface area is 121 Å². The fraction of sp³-hybridized carbons (Fsp3) is 0.417. The monoisotopic (exact) mass is 348 g/mol. The second kappa shape index (κ2) is 5.43. The third-order valence-corrected chi connectivity index (χ3v) is 4.51. The zero-order valence-corrected chi connectivity index (χ0v) is 11.9. The minimum atomic E-state index is -1.45. The van der Waals surface area contributed by atoms with Crippen molar-refractivity contribution in [1.29, 1.82) is 0 Å². The van der Waals surface area contributed by atoms with Gasteiger partial charge in [0.05, 0.1) is 10.5 Å². The van der Waals surface area contributed by atoms with Crippen LogP contribution >= 0.6 is 15.9 Å². The van der Waals surface area contributed by atoms with Gasteiger partial charge in [-0.2, -0.15) is 4.39 Å². The maximum atomic E-state index is 13.9. The number of alkyl halides is 1. The van der Waals surface area contributed by atoms with Crippen LogP contribution in [0.5, 0.6) is 0 Å². The molecular formula is C12H11BrF2N2O3. The number of carbonyl (C=O) groups excluding carboxylic acids is 1. The predicted octanol–water partition coefficient (Wildman–Crippen LogP) is 2.92. The molecule has 108 valence electrons. The lowest BCUT2D eigenvalue weighted by Crippen LogP contribution is -2.55. The lowest BCUT2D eigenvalue weighted by Gasteiger charge is -2.41. The van der Waals surface area contributed by atoms with Crippen molar-refractivity contribution in [3.8, 4) is 0 Å². The number of nitrogens with one attached hydrogen (secondary N) is 1. The molecule has 1 fully saturated rings. The van der Waals surface area contributed by atoms with Crippen molar-refractivity contribution in [3.63, 3.8) is 0 Å². The van der Waals surface area contributed by atoms with Crippen LogP contribution in [0, 0.1) is 21.7 Å². The fourth-order valence-corrected chi connectivity index (χ4v) is 2.79. The summed E-state index contributed by atoms with van der Waals surface area (Å²) in [4.78, 5) is 21.6. The Morgan fingerprint density at radius 1 is 1.45 bits per heavy atom. The Bertz CT molecular complexity index is 571. The third kappa shape index (κ3) is 2.52. The Morgan fingerprint density at radius 3 is 2.55 bits per heavy atom. The van der Waals surface area contributed by atoms with Crippen molar-refractivity contribution in [1.82, 2.24) is 5.32 Å². The van der Waals surface area contributed by atoms with Gasteiger partial charge in [-0.1, -0.05) is 15.9 Å². The molecule has 5 nitrogen and oxygen atoms in total. The number of nitro benzene ring substituents is 1. The number of nitro groups is 1. The molecule has 0 spiro atoms. The molecule has 0 heterocycles. The van der Waals surface area contributed by atoms with Gasteiger partial charge in [-0.05, 0) is 25.3 Å². The number of hydrogen-bond donors (Lipinski definition) is 1. The molecule has 1 aliphatic carbocycles. The Morgan fingerprint density at radius 2 is 2.10 bits per heavy atom. The molecule has 20 heavy (non-hydrogen) atoms. The standard InChI is InChI=1S/C12H11BrF2N2O3/c13-6-12(4-1-5-12)16-11(18)9-7(14)2-3-8(10(9)15)17(19)20/h2-3H,1,4-6H2,(H,16,18). The molecule has 0 atom stereocenters. The molecule has 1 N–H and O–H groups in total. The summed E-state index contributed by atoms with van der Waals surface area (Å²) in [6.07, 6.45) is 2.30. The van der Waals surface area contributed by atoms with Crippen LogP contribution in [-0.4, -0.2) is 21.7 Å². The van der Waals surface area contributed by atoms with Gasteiger partial charge in [0.1, 0.15) is 11.4 Å². The summed E-state index contributed by atoms with van der Waals surface area (Å²) in [5, 5.41) is 13.6. The Kier molecular flexibility index (Phi) is 4.03. The van der Waals surface area contributed by atoms with E-state index in [0.29, 0.717) is 24.2 Å². The van der Waals surface area contributed by atoms with Gasteiger partial charge in [0.2, 0.25) is 5.82 Å². The molecule has 2 rings (SSSR count). The predicted molar refractivity (Wildman–Crippen MR) is 70.9 cm³/mol. The minimum absolute atomic E-state index is 0.462. The van der Waals surface area contributed by atoms with Gasteiger partial charge >= 0.3 is 5.69 Å². The normalized spacial score (nSPS) is 16.4. The van der Waals surface area contributed by atoms with Crippen LogP contribution in [-0.2, 0) is 0 Å². The van der Waals surface area contributed by atoms with E-state index in [1.165, 1.54) is 0 Å². The van der Waals surface area contributed by atoms with Gasteiger partial charge in [0, 0.05) is 11.4 Å². The van der Waals surface area contributed by atoms with E-state index < -0.39 is 39.3 Å². The number of nitrogens with zero attached hydrogens (tertiary/aromatic N) is 1. The summed E-state index contributed by atoms with van der Waals surface area (Å²) >= 11 is 3.25. The maximum Gasteiger partial charge on any atom is 0.305 e. The summed E-state index contributed by atoms with van der Waals surface area (Å²) in [7, 11) is 0. The molecule has 0 unspecified atom stereocenters. The van der Waals surface area contributed by atoms with Crippen LogP contribution in [0.15, 0.2) is 12.1 Å². The first kappa shape index (κ1) is 14.8. The van der Waals surface area contributed by atoms with E-state index in [1.807, 2.05) is 0 Å². The number of halogens is 3. The molecule has 0 aromatic heterocycles. The van der Waals surface area contributed by atoms with Crippen LogP contribution in [0.2, 0.25) is 0 Å². The van der Waals surface area contributed by atoms with Gasteiger partial charge in [-0.3, -0.25) is 14.9 Å². The zero-order chi connectivity index (χ0) is 14.9. The topological polar surface area (TPSA) is 72.2 Å². The first-order valence-electron chi connectivity index (χ1n) is 5.91. The second-order valence-corrected chi connectivity index (χ2v) is 5.29. The molecule has 0 saturated heterocycles. The number of hydrogen-bond acceptors (Lipinski definition) is 3. The minimum Gasteiger partial charge on any atom is -0.346 e. The molecule has 0 aliphatic heterocycles. The summed E-state index contributed by atoms with van der Waals surface area (Å²) in [5.74, 6) is -3.53. The molecule has 0 radical (unpaired) electrons. The van der Waals surface area contributed by atoms with Crippen molar-refractivity contribution >= 4 is 27.5 Å². The summed E-state index contributed by atoms with van der Waals surface area (Å²) in [6, 6.07) is 1.42. The largest absolute Gasteiger partial charge is 0.346 e. The van der Waals surface area contributed by atoms with Crippen LogP contribution in [0.4, 0.5) is 14.5 Å². The van der Waals surface area contributed by atoms with Crippen molar-refractivity contribution < 1.29 is 18.5 Å². The van der Waals surface area contributed by atoms with Crippen molar-refractivity contribution in [2.45, 2.75) is 24.8 Å². The van der Waals surface area contributed by atoms with Crippen molar-refractivity contribution in [2.24, 2.45) is 0 Å². The lowest BCUT2D eigenvalue weighted by atomic mass is 9.78. The third-order valence-electron chi connectivity index (χ3n) is 3.44. The molecule has 1 saturated carbocycles. The highest BCUT2D eigenvalue weighted by atomic mass is 79.9. The van der Waals surface area contributed by atoms with Gasteiger partial charge < -0.3 is 5.32 Å². The van der Waals surface area contributed by atoms with Gasteiger partial charge in [-0.25, -0.2) is 4.39 Å². The second-order valence-electron chi connectivity index (χ2n) is 4.73. The van der Waals surface area contributed by atoms with Crippen LogP contribution < -0.4 is 5.32 Å². The average molecular weight is 349 g/mol. The fourth-order valence-electron chi connectivity index (χ4n) is 2.09. The highest BCUT2D eigenvalue weighted by molar-refractivity contribution is 9.09. The lowest BCUT2D eigenvalue weighted by molar-refractivity contribution is -0.387. The molecule has 1 aromatic rings. The van der Waals surface area contributed by atoms with E-state index in [-0.39, 0.29) is 0 Å². The SMILES string of the molecule is O=C(NC1(CBr)CCC1)c1c(F)ccc([N+](=O)[O-])c1F. The van der Waals surface area contributed by atoms with Crippen molar-refractivity contribution in [2.75, 3.05) is 5.33 Å². The van der Waals surface area contributed by atoms with E-state index in [1.54, 1.807) is 0 Å². The van der Waals surface area contributed by atoms with Crippen LogP contribution in [0.3, 0.4) is 0 Å². The molecule has 8 heteroatoms. The molecular weight excluding hydrogens is 338 g/mol. The first-order valence-corrected chi connectivity index (χ1v) is 7.03. The van der Waals surface area contributed by atoms with E-state index in [9.17, 15) is 23.7 Å². The summed E-state index contributed by atoms with van der Waals surface area (Å²) in [5.41, 5.74) is -2.36. The maximum absolute atomic E-state index is 13.9. The molecule has 1 aliphatic rings. The molecule has 0 bridgehead atoms. The van der Waals surface area contributed by atoms with Gasteiger partial charge in [0.25, 0.3) is 5.91 Å². The highest BCUT2D eigenvalue weighted by Crippen LogP contribution is 2.34. The number of rotatable bonds is 4. The van der Waals surface area contributed by atoms with Crippen molar-refractivity contribution in [3.05, 3.63) is 39.4 Å². The first-order chi connectivity index (χ1) is 9.40. The average Bonchev–Trinajstić information content (AvgIpc) is 2.33. The highest BCUT2D eigenvalue weighted by Gasteiger charge is 2.39. The van der Waals surface area contributed by atoms with E-state index in [4.69, 9.17) is 0 Å². The zero-order valence-electron chi connectivity index (χ0n) is 10.3. The van der Waals surface area contributed by atoms with Crippen LogP contribution in [0.1, 0.15) is 29.6 Å². The van der Waals surface area contributed by atoms with Gasteiger partial charge in [0.15, 0.2) is 0 Å². The van der Waals surface area contributed by atoms with E-state index in [0.717, 1.165) is 12.5 Å². The smallest absolute Gasteiger partial charge is 0.305 e. The molecule has 1 amide bonds. The number of carbonyl (C=O) groups is 1. The summed E-state index contributed by atoms with van der Waals surface area (Å²) < 4.78 is 27.5. The van der Waals surface area contributed by atoms with E-state index >= 15 is 0 Å². The van der Waals surface area contributed by atoms with E-state index in [2.05, 4.69) is 21.2 Å². The quantitative estimate of drug-likeness (QED) is 0.516. The summed E-state index contributed by atoms with van der Waals surface area (Å²) in [6.45, 7) is 0.